The first-order valence-corrected chi connectivity index (χ1v) is 6.94. The Morgan fingerprint density at radius 2 is 1.95 bits per heavy atom. The van der Waals surface area contributed by atoms with Gasteiger partial charge in [-0.15, -0.1) is 0 Å². The Kier molecular flexibility index (Phi) is 6.27. The van der Waals surface area contributed by atoms with Gasteiger partial charge in [0.25, 0.3) is 0 Å². The zero-order valence-corrected chi connectivity index (χ0v) is 11.7. The molecule has 7 nitrogen and oxygen atoms in total. The lowest BCUT2D eigenvalue weighted by Gasteiger charge is -2.23. The summed E-state index contributed by atoms with van der Waals surface area (Å²) in [5.74, 6) is -1.98. The average Bonchev–Trinajstić information content (AvgIpc) is 2.62. The van der Waals surface area contributed by atoms with E-state index >= 15 is 0 Å². The Morgan fingerprint density at radius 1 is 1.25 bits per heavy atom. The molecule has 7 heteroatoms. The van der Waals surface area contributed by atoms with E-state index in [1.165, 1.54) is 0 Å². The van der Waals surface area contributed by atoms with Gasteiger partial charge in [0.2, 0.25) is 0 Å². The van der Waals surface area contributed by atoms with Crippen molar-refractivity contribution in [3.63, 3.8) is 0 Å². The second-order valence-corrected chi connectivity index (χ2v) is 5.13. The summed E-state index contributed by atoms with van der Waals surface area (Å²) in [5.41, 5.74) is 0. The van der Waals surface area contributed by atoms with E-state index in [1.54, 1.807) is 4.90 Å². The maximum atomic E-state index is 12.0. The number of nitrogens with zero attached hydrogens (tertiary/aromatic N) is 1. The largest absolute Gasteiger partial charge is 0.481 e. The number of rotatable bonds is 5. The van der Waals surface area contributed by atoms with Crippen LogP contribution < -0.4 is 5.32 Å². The molecule has 1 aliphatic rings. The summed E-state index contributed by atoms with van der Waals surface area (Å²) in [4.78, 5) is 35.1. The predicted octanol–water partition coefficient (Wildman–Crippen LogP) is 1.14. The minimum absolute atomic E-state index is 0.490. The van der Waals surface area contributed by atoms with Gasteiger partial charge < -0.3 is 20.4 Å². The van der Waals surface area contributed by atoms with Crippen molar-refractivity contribution >= 4 is 18.0 Å². The van der Waals surface area contributed by atoms with Crippen LogP contribution in [0.5, 0.6) is 0 Å². The van der Waals surface area contributed by atoms with Crippen molar-refractivity contribution in [2.75, 3.05) is 13.1 Å². The molecular formula is C13H22N2O5. The fourth-order valence-electron chi connectivity index (χ4n) is 2.39. The van der Waals surface area contributed by atoms with E-state index in [9.17, 15) is 14.4 Å². The first-order chi connectivity index (χ1) is 9.43. The number of carbonyl (C=O) groups is 3. The maximum absolute atomic E-state index is 12.0. The van der Waals surface area contributed by atoms with Gasteiger partial charge in [-0.25, -0.2) is 9.59 Å². The van der Waals surface area contributed by atoms with Crippen LogP contribution in [0.3, 0.4) is 0 Å². The Balaban J connectivity index is 2.55. The summed E-state index contributed by atoms with van der Waals surface area (Å²) in [6.45, 7) is 3.29. The maximum Gasteiger partial charge on any atom is 0.326 e. The van der Waals surface area contributed by atoms with Crippen molar-refractivity contribution in [3.05, 3.63) is 0 Å². The van der Waals surface area contributed by atoms with E-state index < -0.39 is 30.4 Å². The highest BCUT2D eigenvalue weighted by Crippen LogP contribution is 2.20. The lowest BCUT2D eigenvalue weighted by molar-refractivity contribution is -0.145. The SMILES string of the molecule is CCC1CCCN(C(=O)N[C@H](CC(=O)O)C(=O)O)CC1. The van der Waals surface area contributed by atoms with Crippen LogP contribution >= 0.6 is 0 Å². The highest BCUT2D eigenvalue weighted by Gasteiger charge is 2.26. The van der Waals surface area contributed by atoms with Gasteiger partial charge in [-0.05, 0) is 25.2 Å². The number of nitrogens with one attached hydrogen (secondary N) is 1. The topological polar surface area (TPSA) is 107 Å². The molecule has 0 spiro atoms. The Bertz CT molecular complexity index is 372. The van der Waals surface area contributed by atoms with Crippen LogP contribution in [-0.4, -0.2) is 52.2 Å². The summed E-state index contributed by atoms with van der Waals surface area (Å²) in [7, 11) is 0. The van der Waals surface area contributed by atoms with Gasteiger partial charge in [0.15, 0.2) is 0 Å². The summed E-state index contributed by atoms with van der Waals surface area (Å²) in [6, 6.07) is -1.87. The number of urea groups is 1. The number of hydrogen-bond donors (Lipinski definition) is 3. The molecule has 0 aromatic carbocycles. The average molecular weight is 286 g/mol. The van der Waals surface area contributed by atoms with Crippen LogP contribution in [0.1, 0.15) is 39.0 Å². The van der Waals surface area contributed by atoms with E-state index in [1.807, 2.05) is 0 Å². The normalized spacial score (nSPS) is 20.9. The molecule has 1 aliphatic heterocycles. The molecule has 2 atom stereocenters. The summed E-state index contributed by atoms with van der Waals surface area (Å²) >= 11 is 0. The van der Waals surface area contributed by atoms with Crippen LogP contribution in [0.15, 0.2) is 0 Å². The van der Waals surface area contributed by atoms with Crippen molar-refractivity contribution in [1.82, 2.24) is 10.2 Å². The molecule has 1 heterocycles. The van der Waals surface area contributed by atoms with Crippen LogP contribution in [0, 0.1) is 5.92 Å². The second-order valence-electron chi connectivity index (χ2n) is 5.13. The smallest absolute Gasteiger partial charge is 0.326 e. The number of carboxylic acids is 2. The molecule has 3 N–H and O–H groups in total. The predicted molar refractivity (Wildman–Crippen MR) is 71.4 cm³/mol. The molecule has 0 saturated carbocycles. The Labute approximate surface area is 117 Å². The first kappa shape index (κ1) is 16.3. The van der Waals surface area contributed by atoms with E-state index in [0.717, 1.165) is 25.7 Å². The summed E-state index contributed by atoms with van der Waals surface area (Å²) < 4.78 is 0. The monoisotopic (exact) mass is 286 g/mol. The van der Waals surface area contributed by atoms with Gasteiger partial charge in [-0.2, -0.15) is 0 Å². The highest BCUT2D eigenvalue weighted by atomic mass is 16.4. The Morgan fingerprint density at radius 3 is 2.50 bits per heavy atom. The Hall–Kier alpha value is -1.79. The zero-order chi connectivity index (χ0) is 15.1. The third kappa shape index (κ3) is 5.07. The van der Waals surface area contributed by atoms with Crippen molar-refractivity contribution in [2.24, 2.45) is 5.92 Å². The van der Waals surface area contributed by atoms with Gasteiger partial charge in [0.05, 0.1) is 6.42 Å². The second kappa shape index (κ2) is 7.72. The fourth-order valence-corrected chi connectivity index (χ4v) is 2.39. The van der Waals surface area contributed by atoms with Crippen LogP contribution in [0.25, 0.3) is 0 Å². The van der Waals surface area contributed by atoms with E-state index in [0.29, 0.717) is 19.0 Å². The standard InChI is InChI=1S/C13H22N2O5/c1-2-9-4-3-6-15(7-5-9)13(20)14-10(12(18)19)8-11(16)17/h9-10H,2-8H2,1H3,(H,14,20)(H,16,17)(H,18,19)/t9?,10-/m1/s1. The number of aliphatic carboxylic acids is 2. The summed E-state index contributed by atoms with van der Waals surface area (Å²) in [6.07, 6.45) is 3.32. The van der Waals surface area contributed by atoms with Crippen molar-refractivity contribution < 1.29 is 24.6 Å². The van der Waals surface area contributed by atoms with E-state index in [4.69, 9.17) is 10.2 Å². The molecule has 1 rings (SSSR count). The first-order valence-electron chi connectivity index (χ1n) is 6.94. The van der Waals surface area contributed by atoms with Gasteiger partial charge in [0.1, 0.15) is 6.04 Å². The summed E-state index contributed by atoms with van der Waals surface area (Å²) in [5, 5.41) is 19.8. The zero-order valence-electron chi connectivity index (χ0n) is 11.7. The number of hydrogen-bond acceptors (Lipinski definition) is 3. The minimum atomic E-state index is -1.38. The fraction of sp³-hybridized carbons (Fsp3) is 0.769. The molecule has 0 aliphatic carbocycles. The van der Waals surface area contributed by atoms with Gasteiger partial charge in [-0.3, -0.25) is 4.79 Å². The van der Waals surface area contributed by atoms with Crippen LogP contribution in [0.4, 0.5) is 4.79 Å². The molecule has 1 unspecified atom stereocenters. The van der Waals surface area contributed by atoms with Crippen molar-refractivity contribution in [3.8, 4) is 0 Å². The quantitative estimate of drug-likeness (QED) is 0.702. The lowest BCUT2D eigenvalue weighted by Crippen LogP contribution is -2.49. The minimum Gasteiger partial charge on any atom is -0.481 e. The molecule has 0 bridgehead atoms. The molecule has 114 valence electrons. The molecule has 0 radical (unpaired) electrons. The van der Waals surface area contributed by atoms with Gasteiger partial charge in [0, 0.05) is 13.1 Å². The van der Waals surface area contributed by atoms with Crippen molar-refractivity contribution in [2.45, 2.75) is 45.1 Å². The van der Waals surface area contributed by atoms with Gasteiger partial charge >= 0.3 is 18.0 Å². The molecule has 2 amide bonds. The number of likely N-dealkylation sites (tertiary alicyclic amines) is 1. The molecule has 1 saturated heterocycles. The third-order valence-electron chi connectivity index (χ3n) is 3.69. The number of amides is 2. The molecule has 0 aromatic rings. The molecule has 1 fully saturated rings. The highest BCUT2D eigenvalue weighted by molar-refractivity contribution is 5.86. The van der Waals surface area contributed by atoms with Crippen LogP contribution in [-0.2, 0) is 9.59 Å². The van der Waals surface area contributed by atoms with E-state index in [2.05, 4.69) is 12.2 Å². The number of carbonyl (C=O) groups excluding carboxylic acids is 1. The molecule has 20 heavy (non-hydrogen) atoms. The van der Waals surface area contributed by atoms with Gasteiger partial charge in [-0.1, -0.05) is 13.3 Å². The molecular weight excluding hydrogens is 264 g/mol. The van der Waals surface area contributed by atoms with Crippen molar-refractivity contribution in [1.29, 1.82) is 0 Å². The molecule has 0 aromatic heterocycles. The number of carboxylic acid groups (broad SMARTS) is 2. The lowest BCUT2D eigenvalue weighted by atomic mass is 9.98. The third-order valence-corrected chi connectivity index (χ3v) is 3.69. The van der Waals surface area contributed by atoms with Crippen LogP contribution in [0.2, 0.25) is 0 Å². The van der Waals surface area contributed by atoms with E-state index in [-0.39, 0.29) is 0 Å².